The van der Waals surface area contributed by atoms with E-state index < -0.39 is 28.5 Å². The number of sulfonamides is 1. The second-order valence-electron chi connectivity index (χ2n) is 8.70. The molecule has 2 rings (SSSR count). The standard InChI is InChI=1S/C26H37N3O5S/c1-7-24(26(31)27-8-2)28(17-20-9-15-23(34-5)16-10-20)25(30)18-29(35(6,32)33)22-13-11-21(12-14-22)19(3)4/h9-16,19,24H,7-8,17-18H2,1-6H3,(H,27,31)/t24-/m0/s1. The number of nitrogens with one attached hydrogen (secondary N) is 1. The fraction of sp³-hybridized carbons (Fsp3) is 0.462. The number of methoxy groups -OCH3 is 1. The zero-order valence-electron chi connectivity index (χ0n) is 21.4. The molecule has 0 aliphatic rings. The Morgan fingerprint density at radius 1 is 1.00 bits per heavy atom. The zero-order valence-corrected chi connectivity index (χ0v) is 22.3. The van der Waals surface area contributed by atoms with Gasteiger partial charge >= 0.3 is 0 Å². The fourth-order valence-corrected chi connectivity index (χ4v) is 4.63. The molecule has 2 amide bonds. The van der Waals surface area contributed by atoms with Gasteiger partial charge in [0.1, 0.15) is 18.3 Å². The SMILES string of the molecule is CCNC(=O)[C@H](CC)N(Cc1ccc(OC)cc1)C(=O)CN(c1ccc(C(C)C)cc1)S(C)(=O)=O. The van der Waals surface area contributed by atoms with E-state index in [0.29, 0.717) is 30.3 Å². The Kier molecular flexibility index (Phi) is 10.1. The summed E-state index contributed by atoms with van der Waals surface area (Å²) in [6.07, 6.45) is 1.46. The average Bonchev–Trinajstić information content (AvgIpc) is 2.82. The summed E-state index contributed by atoms with van der Waals surface area (Å²) in [7, 11) is -2.19. The molecule has 2 aromatic carbocycles. The van der Waals surface area contributed by atoms with Crippen molar-refractivity contribution < 1.29 is 22.7 Å². The molecule has 35 heavy (non-hydrogen) atoms. The number of hydrogen-bond acceptors (Lipinski definition) is 5. The van der Waals surface area contributed by atoms with Crippen molar-refractivity contribution in [2.24, 2.45) is 0 Å². The molecule has 0 fully saturated rings. The maximum Gasteiger partial charge on any atom is 0.244 e. The maximum absolute atomic E-state index is 13.6. The van der Waals surface area contributed by atoms with Crippen LogP contribution in [0.1, 0.15) is 51.2 Å². The molecule has 8 nitrogen and oxygen atoms in total. The lowest BCUT2D eigenvalue weighted by atomic mass is 10.0. The summed E-state index contributed by atoms with van der Waals surface area (Å²) < 4.78 is 31.6. The largest absolute Gasteiger partial charge is 0.497 e. The Balaban J connectivity index is 2.41. The van der Waals surface area contributed by atoms with Crippen LogP contribution in [0.25, 0.3) is 0 Å². The average molecular weight is 504 g/mol. The minimum absolute atomic E-state index is 0.155. The molecule has 1 atom stereocenters. The van der Waals surface area contributed by atoms with Crippen molar-refractivity contribution in [2.75, 3.05) is 30.8 Å². The van der Waals surface area contributed by atoms with Gasteiger partial charge < -0.3 is 15.0 Å². The lowest BCUT2D eigenvalue weighted by Crippen LogP contribution is -2.52. The molecule has 2 aromatic rings. The van der Waals surface area contributed by atoms with Gasteiger partial charge in [-0.2, -0.15) is 0 Å². The van der Waals surface area contributed by atoms with E-state index in [0.717, 1.165) is 21.7 Å². The number of nitrogens with zero attached hydrogens (tertiary/aromatic N) is 2. The predicted octanol–water partition coefficient (Wildman–Crippen LogP) is 3.53. The summed E-state index contributed by atoms with van der Waals surface area (Å²) in [6, 6.07) is 13.6. The molecule has 192 valence electrons. The third-order valence-electron chi connectivity index (χ3n) is 5.78. The van der Waals surface area contributed by atoms with E-state index in [-0.39, 0.29) is 12.5 Å². The quantitative estimate of drug-likeness (QED) is 0.478. The first-order chi connectivity index (χ1) is 16.5. The molecule has 9 heteroatoms. The Bertz CT molecular complexity index is 1080. The van der Waals surface area contributed by atoms with Crippen LogP contribution in [0.5, 0.6) is 5.75 Å². The number of carbonyl (C=O) groups excluding carboxylic acids is 2. The summed E-state index contributed by atoms with van der Waals surface area (Å²) in [4.78, 5) is 27.9. The number of rotatable bonds is 12. The van der Waals surface area contributed by atoms with E-state index in [9.17, 15) is 18.0 Å². The lowest BCUT2D eigenvalue weighted by molar-refractivity contribution is -0.140. The molecule has 0 saturated carbocycles. The zero-order chi connectivity index (χ0) is 26.2. The number of anilines is 1. The van der Waals surface area contributed by atoms with Crippen molar-refractivity contribution in [1.82, 2.24) is 10.2 Å². The minimum Gasteiger partial charge on any atom is -0.497 e. The number of benzene rings is 2. The molecular weight excluding hydrogens is 466 g/mol. The van der Waals surface area contributed by atoms with Gasteiger partial charge in [-0.1, -0.05) is 45.0 Å². The summed E-state index contributed by atoms with van der Waals surface area (Å²) in [5.41, 5.74) is 2.27. The normalized spacial score (nSPS) is 12.2. The molecule has 0 aromatic heterocycles. The van der Waals surface area contributed by atoms with Crippen molar-refractivity contribution in [1.29, 1.82) is 0 Å². The molecule has 1 N–H and O–H groups in total. The van der Waals surface area contributed by atoms with Crippen molar-refractivity contribution >= 4 is 27.5 Å². The van der Waals surface area contributed by atoms with E-state index in [2.05, 4.69) is 19.2 Å². The van der Waals surface area contributed by atoms with Crippen LogP contribution in [-0.2, 0) is 26.2 Å². The van der Waals surface area contributed by atoms with Crippen molar-refractivity contribution in [2.45, 2.75) is 52.6 Å². The molecule has 0 saturated heterocycles. The second-order valence-corrected chi connectivity index (χ2v) is 10.6. The molecule has 0 aliphatic heterocycles. The summed E-state index contributed by atoms with van der Waals surface area (Å²) in [5.74, 6) is 0.233. The first-order valence-electron chi connectivity index (χ1n) is 11.8. The van der Waals surface area contributed by atoms with Crippen LogP contribution in [0, 0.1) is 0 Å². The van der Waals surface area contributed by atoms with Crippen molar-refractivity contribution in [3.63, 3.8) is 0 Å². The summed E-state index contributed by atoms with van der Waals surface area (Å²) in [5, 5.41) is 2.78. The first kappa shape index (κ1) is 28.2. The highest BCUT2D eigenvalue weighted by Crippen LogP contribution is 2.23. The van der Waals surface area contributed by atoms with Gasteiger partial charge in [-0.3, -0.25) is 13.9 Å². The van der Waals surface area contributed by atoms with Crippen LogP contribution < -0.4 is 14.4 Å². The van der Waals surface area contributed by atoms with E-state index in [1.165, 1.54) is 4.90 Å². The highest BCUT2D eigenvalue weighted by atomic mass is 32.2. The third-order valence-corrected chi connectivity index (χ3v) is 6.92. The fourth-order valence-electron chi connectivity index (χ4n) is 3.78. The van der Waals surface area contributed by atoms with Crippen LogP contribution in [0.2, 0.25) is 0 Å². The molecule has 0 spiro atoms. The molecule has 0 heterocycles. The second kappa shape index (κ2) is 12.6. The molecule has 0 unspecified atom stereocenters. The molecular formula is C26H37N3O5S. The Morgan fingerprint density at radius 3 is 2.06 bits per heavy atom. The van der Waals surface area contributed by atoms with Gasteiger partial charge in [-0.15, -0.1) is 0 Å². The van der Waals surface area contributed by atoms with Gasteiger partial charge in [0, 0.05) is 13.1 Å². The molecule has 0 radical (unpaired) electrons. The topological polar surface area (TPSA) is 96.0 Å². The van der Waals surface area contributed by atoms with E-state index in [1.807, 2.05) is 38.1 Å². The van der Waals surface area contributed by atoms with Crippen molar-refractivity contribution in [3.05, 3.63) is 59.7 Å². The van der Waals surface area contributed by atoms with Gasteiger partial charge in [0.05, 0.1) is 19.1 Å². The van der Waals surface area contributed by atoms with Gasteiger partial charge in [0.2, 0.25) is 21.8 Å². The minimum atomic E-state index is -3.76. The number of likely N-dealkylation sites (N-methyl/N-ethyl adjacent to an activating group) is 1. The van der Waals surface area contributed by atoms with Crippen LogP contribution in [0.15, 0.2) is 48.5 Å². The third kappa shape index (κ3) is 7.71. The van der Waals surface area contributed by atoms with E-state index in [4.69, 9.17) is 4.74 Å². The maximum atomic E-state index is 13.6. The smallest absolute Gasteiger partial charge is 0.244 e. The van der Waals surface area contributed by atoms with Crippen LogP contribution in [0.4, 0.5) is 5.69 Å². The Labute approximate surface area is 209 Å². The highest BCUT2D eigenvalue weighted by molar-refractivity contribution is 7.92. The van der Waals surface area contributed by atoms with Crippen LogP contribution in [-0.4, -0.2) is 57.6 Å². The van der Waals surface area contributed by atoms with Crippen LogP contribution in [0.3, 0.4) is 0 Å². The first-order valence-corrected chi connectivity index (χ1v) is 13.6. The lowest BCUT2D eigenvalue weighted by Gasteiger charge is -2.32. The Morgan fingerprint density at radius 2 is 1.60 bits per heavy atom. The van der Waals surface area contributed by atoms with Gasteiger partial charge in [-0.05, 0) is 54.7 Å². The van der Waals surface area contributed by atoms with Crippen LogP contribution >= 0.6 is 0 Å². The number of ether oxygens (including phenoxy) is 1. The van der Waals surface area contributed by atoms with Gasteiger partial charge in [-0.25, -0.2) is 8.42 Å². The van der Waals surface area contributed by atoms with Gasteiger partial charge in [0.15, 0.2) is 0 Å². The monoisotopic (exact) mass is 503 g/mol. The predicted molar refractivity (Wildman–Crippen MR) is 139 cm³/mol. The van der Waals surface area contributed by atoms with Gasteiger partial charge in [0.25, 0.3) is 0 Å². The summed E-state index contributed by atoms with van der Waals surface area (Å²) >= 11 is 0. The molecule has 0 aliphatic carbocycles. The Hall–Kier alpha value is -3.07. The van der Waals surface area contributed by atoms with Crippen molar-refractivity contribution in [3.8, 4) is 5.75 Å². The van der Waals surface area contributed by atoms with E-state index in [1.54, 1.807) is 31.4 Å². The highest BCUT2D eigenvalue weighted by Gasteiger charge is 2.31. The molecule has 0 bridgehead atoms. The number of carbonyl (C=O) groups is 2. The number of hydrogen-bond donors (Lipinski definition) is 1. The number of amides is 2. The summed E-state index contributed by atoms with van der Waals surface area (Å²) in [6.45, 7) is 7.91. The van der Waals surface area contributed by atoms with E-state index >= 15 is 0 Å².